The number of rotatable bonds is 4. The van der Waals surface area contributed by atoms with E-state index in [2.05, 4.69) is 57.9 Å². The maximum atomic E-state index is 4.89. The minimum Gasteiger partial charge on any atom is -0.242 e. The van der Waals surface area contributed by atoms with E-state index in [1.165, 1.54) is 11.1 Å². The van der Waals surface area contributed by atoms with Gasteiger partial charge in [0.15, 0.2) is 5.17 Å². The lowest BCUT2D eigenvalue weighted by Gasteiger charge is -2.14. The molecule has 1 heterocycles. The Morgan fingerprint density at radius 1 is 1.24 bits per heavy atom. The van der Waals surface area contributed by atoms with E-state index in [1.807, 2.05) is 11.2 Å². The van der Waals surface area contributed by atoms with Gasteiger partial charge < -0.3 is 0 Å². The molecule has 1 aromatic carbocycles. The van der Waals surface area contributed by atoms with Crippen LogP contribution in [-0.4, -0.2) is 28.7 Å². The van der Waals surface area contributed by atoms with Crippen LogP contribution in [-0.2, 0) is 0 Å². The number of benzene rings is 1. The van der Waals surface area contributed by atoms with Crippen LogP contribution in [0, 0.1) is 12.8 Å². The molecule has 21 heavy (non-hydrogen) atoms. The molecule has 0 amide bonds. The van der Waals surface area contributed by atoms with Crippen LogP contribution in [0.15, 0.2) is 28.3 Å². The number of hydrazone groups is 1. The molecule has 3 nitrogen and oxygen atoms in total. The number of aryl methyl sites for hydroxylation is 1. The molecule has 2 rings (SSSR count). The zero-order valence-corrected chi connectivity index (χ0v) is 14.4. The van der Waals surface area contributed by atoms with E-state index in [1.54, 1.807) is 11.8 Å². The Kier molecular flexibility index (Phi) is 5.45. The van der Waals surface area contributed by atoms with Crippen LogP contribution >= 0.6 is 11.8 Å². The first-order valence-corrected chi connectivity index (χ1v) is 8.59. The van der Waals surface area contributed by atoms with Crippen molar-refractivity contribution in [3.8, 4) is 0 Å². The summed E-state index contributed by atoms with van der Waals surface area (Å²) in [7, 11) is 0. The van der Waals surface area contributed by atoms with E-state index < -0.39 is 0 Å². The predicted octanol–water partition coefficient (Wildman–Crippen LogP) is 4.80. The van der Waals surface area contributed by atoms with E-state index in [-0.39, 0.29) is 0 Å². The van der Waals surface area contributed by atoms with Crippen molar-refractivity contribution in [1.82, 2.24) is 5.01 Å². The lowest BCUT2D eigenvalue weighted by Crippen LogP contribution is -2.18. The van der Waals surface area contributed by atoms with Gasteiger partial charge in [0, 0.05) is 12.0 Å². The molecule has 114 valence electrons. The SMILES string of the molecule is Cc1ccc(C(C)C)c(N=C2SCCN2/N=C/C(C)C)c1. The largest absolute Gasteiger partial charge is 0.242 e. The summed E-state index contributed by atoms with van der Waals surface area (Å²) < 4.78 is 0. The third-order valence-corrected chi connectivity index (χ3v) is 4.23. The van der Waals surface area contributed by atoms with Gasteiger partial charge in [-0.2, -0.15) is 5.10 Å². The maximum Gasteiger partial charge on any atom is 0.185 e. The molecule has 0 aromatic heterocycles. The van der Waals surface area contributed by atoms with Crippen molar-refractivity contribution in [1.29, 1.82) is 0 Å². The lowest BCUT2D eigenvalue weighted by molar-refractivity contribution is 0.493. The molecule has 0 atom stereocenters. The summed E-state index contributed by atoms with van der Waals surface area (Å²) in [5.74, 6) is 1.99. The van der Waals surface area contributed by atoms with E-state index in [9.17, 15) is 0 Å². The molecular formula is C17H25N3S. The Hall–Kier alpha value is -1.29. The molecule has 0 unspecified atom stereocenters. The molecule has 0 spiro atoms. The molecule has 0 N–H and O–H groups in total. The van der Waals surface area contributed by atoms with Gasteiger partial charge in [0.1, 0.15) is 0 Å². The fourth-order valence-corrected chi connectivity index (χ4v) is 3.04. The van der Waals surface area contributed by atoms with Gasteiger partial charge in [-0.25, -0.2) is 10.0 Å². The minimum atomic E-state index is 0.460. The van der Waals surface area contributed by atoms with Crippen LogP contribution < -0.4 is 0 Å². The first kappa shape index (κ1) is 16.1. The standard InChI is InChI=1S/C17H25N3S/c1-12(2)11-18-20-8-9-21-17(20)19-16-10-14(5)6-7-15(16)13(3)4/h6-7,10-13H,8-9H2,1-5H3/b18-11+,19-17?. The number of amidine groups is 1. The van der Waals surface area contributed by atoms with Crippen molar-refractivity contribution in [2.24, 2.45) is 16.0 Å². The Bertz CT molecular complexity index is 547. The van der Waals surface area contributed by atoms with Gasteiger partial charge in [0.2, 0.25) is 0 Å². The molecule has 0 radical (unpaired) electrons. The van der Waals surface area contributed by atoms with Crippen molar-refractivity contribution in [3.63, 3.8) is 0 Å². The van der Waals surface area contributed by atoms with Crippen molar-refractivity contribution < 1.29 is 0 Å². The zero-order valence-electron chi connectivity index (χ0n) is 13.6. The summed E-state index contributed by atoms with van der Waals surface area (Å²) in [4.78, 5) is 4.89. The molecule has 1 saturated heterocycles. The number of aliphatic imine (C=N–C) groups is 1. The summed E-state index contributed by atoms with van der Waals surface area (Å²) in [6.45, 7) is 11.8. The Labute approximate surface area is 132 Å². The van der Waals surface area contributed by atoms with Crippen LogP contribution in [0.5, 0.6) is 0 Å². The fraction of sp³-hybridized carbons (Fsp3) is 0.529. The van der Waals surface area contributed by atoms with Gasteiger partial charge in [0.05, 0.1) is 12.2 Å². The monoisotopic (exact) mass is 303 g/mol. The van der Waals surface area contributed by atoms with E-state index in [0.717, 1.165) is 23.2 Å². The Morgan fingerprint density at radius 3 is 2.67 bits per heavy atom. The number of hydrogen-bond donors (Lipinski definition) is 0. The fourth-order valence-electron chi connectivity index (χ4n) is 2.15. The number of thioether (sulfide) groups is 1. The van der Waals surface area contributed by atoms with E-state index >= 15 is 0 Å². The zero-order chi connectivity index (χ0) is 15.4. The van der Waals surface area contributed by atoms with Crippen LogP contribution in [0.3, 0.4) is 0 Å². The highest BCUT2D eigenvalue weighted by atomic mass is 32.2. The summed E-state index contributed by atoms with van der Waals surface area (Å²) in [6, 6.07) is 6.53. The topological polar surface area (TPSA) is 28.0 Å². The Balaban J connectivity index is 2.31. The molecule has 0 bridgehead atoms. The summed E-state index contributed by atoms with van der Waals surface area (Å²) in [5, 5.41) is 7.59. The summed E-state index contributed by atoms with van der Waals surface area (Å²) in [5.41, 5.74) is 3.63. The maximum absolute atomic E-state index is 4.89. The van der Waals surface area contributed by atoms with Gasteiger partial charge in [0.25, 0.3) is 0 Å². The van der Waals surface area contributed by atoms with Gasteiger partial charge in [-0.15, -0.1) is 0 Å². The third-order valence-electron chi connectivity index (χ3n) is 3.28. The Morgan fingerprint density at radius 2 is 2.00 bits per heavy atom. The van der Waals surface area contributed by atoms with Gasteiger partial charge in [-0.3, -0.25) is 0 Å². The molecule has 4 heteroatoms. The second kappa shape index (κ2) is 7.12. The summed E-state index contributed by atoms with van der Waals surface area (Å²) >= 11 is 1.79. The average molecular weight is 303 g/mol. The van der Waals surface area contributed by atoms with Crippen LogP contribution in [0.25, 0.3) is 0 Å². The predicted molar refractivity (Wildman–Crippen MR) is 94.9 cm³/mol. The van der Waals surface area contributed by atoms with Crippen molar-refractivity contribution >= 4 is 28.8 Å². The smallest absolute Gasteiger partial charge is 0.185 e. The summed E-state index contributed by atoms with van der Waals surface area (Å²) in [6.07, 6.45) is 1.99. The molecule has 1 aliphatic rings. The molecule has 0 aliphatic carbocycles. The average Bonchev–Trinajstić information content (AvgIpc) is 2.83. The van der Waals surface area contributed by atoms with Gasteiger partial charge in [-0.1, -0.05) is 51.6 Å². The second-order valence-electron chi connectivity index (χ2n) is 6.09. The van der Waals surface area contributed by atoms with Crippen molar-refractivity contribution in [3.05, 3.63) is 29.3 Å². The molecule has 1 aliphatic heterocycles. The van der Waals surface area contributed by atoms with Gasteiger partial charge in [-0.05, 0) is 36.0 Å². The second-order valence-corrected chi connectivity index (χ2v) is 7.15. The quantitative estimate of drug-likeness (QED) is 0.748. The van der Waals surface area contributed by atoms with Crippen molar-refractivity contribution in [2.45, 2.75) is 40.5 Å². The molecule has 1 fully saturated rings. The van der Waals surface area contributed by atoms with E-state index in [0.29, 0.717) is 11.8 Å². The van der Waals surface area contributed by atoms with Crippen LogP contribution in [0.1, 0.15) is 44.7 Å². The van der Waals surface area contributed by atoms with Crippen LogP contribution in [0.2, 0.25) is 0 Å². The molecular weight excluding hydrogens is 278 g/mol. The molecule has 1 aromatic rings. The van der Waals surface area contributed by atoms with E-state index in [4.69, 9.17) is 4.99 Å². The highest BCUT2D eigenvalue weighted by Crippen LogP contribution is 2.30. The van der Waals surface area contributed by atoms with Crippen molar-refractivity contribution in [2.75, 3.05) is 12.3 Å². The third kappa shape index (κ3) is 4.34. The number of hydrogen-bond acceptors (Lipinski definition) is 3. The lowest BCUT2D eigenvalue weighted by atomic mass is 10.00. The normalized spacial score (nSPS) is 17.9. The van der Waals surface area contributed by atoms with Crippen LogP contribution in [0.4, 0.5) is 5.69 Å². The highest BCUT2D eigenvalue weighted by Gasteiger charge is 2.19. The molecule has 0 saturated carbocycles. The highest BCUT2D eigenvalue weighted by molar-refractivity contribution is 8.14. The first-order valence-electron chi connectivity index (χ1n) is 7.61. The number of nitrogens with zero attached hydrogens (tertiary/aromatic N) is 3. The minimum absolute atomic E-state index is 0.460. The van der Waals surface area contributed by atoms with Gasteiger partial charge >= 0.3 is 0 Å². The first-order chi connectivity index (χ1) is 9.97.